The third-order valence-electron chi connectivity index (χ3n) is 1.60. The van der Waals surface area contributed by atoms with Gasteiger partial charge in [-0.1, -0.05) is 0 Å². The van der Waals surface area contributed by atoms with Crippen molar-refractivity contribution in [3.63, 3.8) is 0 Å². The number of aryl methyl sites for hydroxylation is 1. The second kappa shape index (κ2) is 3.18. The molecule has 0 heterocycles. The van der Waals surface area contributed by atoms with Gasteiger partial charge in [0.1, 0.15) is 18.3 Å². The molecule has 0 spiro atoms. The lowest BCUT2D eigenvalue weighted by molar-refractivity contribution is 0.474. The van der Waals surface area contributed by atoms with Crippen molar-refractivity contribution in [2.24, 2.45) is 0 Å². The van der Waals surface area contributed by atoms with Gasteiger partial charge in [-0.15, -0.1) is 0 Å². The Balaban J connectivity index is 3.09. The number of hydrogen-bond donors (Lipinski definition) is 1. The van der Waals surface area contributed by atoms with Crippen LogP contribution < -0.4 is 0 Å². The third kappa shape index (κ3) is 1.90. The quantitative estimate of drug-likeness (QED) is 0.637. The number of hydrogen-bond acceptors (Lipinski definition) is 1. The summed E-state index contributed by atoms with van der Waals surface area (Å²) in [6.45, 7) is 2.03. The average Bonchev–Trinajstić information content (AvgIpc) is 1.85. The number of rotatable bonds is 1. The highest BCUT2D eigenvalue weighted by molar-refractivity contribution is 7.95. The van der Waals surface area contributed by atoms with Gasteiger partial charge in [-0.05, 0) is 25.1 Å². The third-order valence-corrected chi connectivity index (χ3v) is 2.94. The zero-order valence-electron chi connectivity index (χ0n) is 7.09. The molecule has 60 valence electrons. The molecule has 0 aliphatic heterocycles. The predicted octanol–water partition coefficient (Wildman–Crippen LogP) is 1.94. The lowest BCUT2D eigenvalue weighted by Crippen LogP contribution is -1.97. The zero-order chi connectivity index (χ0) is 8.43. The van der Waals surface area contributed by atoms with Crippen molar-refractivity contribution in [3.8, 4) is 5.75 Å². The lowest BCUT2D eigenvalue weighted by Gasteiger charge is -2.00. The van der Waals surface area contributed by atoms with E-state index in [4.69, 9.17) is 5.11 Å². The number of phenolic OH excluding ortho intramolecular Hbond substituents is 1. The smallest absolute Gasteiger partial charge is 0.157 e. The molecule has 0 fully saturated rings. The van der Waals surface area contributed by atoms with Crippen LogP contribution in [-0.2, 0) is 10.9 Å². The van der Waals surface area contributed by atoms with E-state index in [0.717, 1.165) is 0 Å². The molecular weight excluding hydrogens is 156 g/mol. The minimum absolute atomic E-state index is 0.290. The van der Waals surface area contributed by atoms with Crippen molar-refractivity contribution in [2.75, 3.05) is 12.5 Å². The van der Waals surface area contributed by atoms with E-state index < -0.39 is 0 Å². The topological polar surface area (TPSA) is 20.2 Å². The first-order valence-corrected chi connectivity index (χ1v) is 5.52. The lowest BCUT2D eigenvalue weighted by atomic mass is 10.2. The summed E-state index contributed by atoms with van der Waals surface area (Å²) in [6, 6.07) is 5.55. The van der Waals surface area contributed by atoms with Gasteiger partial charge in [-0.2, -0.15) is 0 Å². The molecule has 0 amide bonds. The van der Waals surface area contributed by atoms with Gasteiger partial charge in [-0.25, -0.2) is 0 Å². The number of benzene rings is 1. The predicted molar refractivity (Wildman–Crippen MR) is 50.3 cm³/mol. The summed E-state index contributed by atoms with van der Waals surface area (Å²) in [4.78, 5) is 1.34. The van der Waals surface area contributed by atoms with Crippen LogP contribution in [0, 0.1) is 6.92 Å². The Hall–Kier alpha value is -0.630. The molecule has 1 aromatic carbocycles. The van der Waals surface area contributed by atoms with E-state index in [-0.39, 0.29) is 0 Å². The van der Waals surface area contributed by atoms with Crippen molar-refractivity contribution in [1.29, 1.82) is 0 Å². The van der Waals surface area contributed by atoms with Crippen molar-refractivity contribution >= 4 is 10.9 Å². The fraction of sp³-hybridized carbons (Fsp3) is 0.333. The largest absolute Gasteiger partial charge is 0.508 e. The highest BCUT2D eigenvalue weighted by atomic mass is 32.2. The second-order valence-electron chi connectivity index (χ2n) is 2.77. The standard InChI is InChI=1S/C9H12OS/c1-7-6-8(10)4-5-9(7)11(2)3/h4-6H,1-3H3/p+1. The first-order chi connectivity index (χ1) is 5.11. The van der Waals surface area contributed by atoms with E-state index >= 15 is 0 Å². The summed E-state index contributed by atoms with van der Waals surface area (Å²) >= 11 is 0. The number of aromatic hydroxyl groups is 1. The Morgan fingerprint density at radius 1 is 1.27 bits per heavy atom. The minimum atomic E-state index is 0.290. The second-order valence-corrected chi connectivity index (χ2v) is 4.84. The van der Waals surface area contributed by atoms with Gasteiger partial charge in [-0.3, -0.25) is 0 Å². The van der Waals surface area contributed by atoms with Gasteiger partial charge in [0, 0.05) is 16.5 Å². The molecule has 1 nitrogen and oxygen atoms in total. The minimum Gasteiger partial charge on any atom is -0.508 e. The zero-order valence-corrected chi connectivity index (χ0v) is 7.90. The molecule has 1 aromatic rings. The maximum atomic E-state index is 9.12. The molecule has 0 aliphatic rings. The van der Waals surface area contributed by atoms with Crippen LogP contribution in [0.2, 0.25) is 0 Å². The Kier molecular flexibility index (Phi) is 2.45. The molecule has 0 aromatic heterocycles. The summed E-state index contributed by atoms with van der Waals surface area (Å²) in [5.74, 6) is 0.358. The monoisotopic (exact) mass is 169 g/mol. The van der Waals surface area contributed by atoms with E-state index in [1.807, 2.05) is 19.1 Å². The Labute approximate surface area is 70.4 Å². The number of phenols is 1. The maximum absolute atomic E-state index is 9.12. The van der Waals surface area contributed by atoms with E-state index in [0.29, 0.717) is 16.6 Å². The van der Waals surface area contributed by atoms with Crippen LogP contribution in [0.1, 0.15) is 5.56 Å². The van der Waals surface area contributed by atoms with Crippen LogP contribution >= 0.6 is 0 Å². The van der Waals surface area contributed by atoms with Crippen LogP contribution in [0.3, 0.4) is 0 Å². The van der Waals surface area contributed by atoms with E-state index in [1.54, 1.807) is 6.07 Å². The molecule has 2 heteroatoms. The molecule has 0 bridgehead atoms. The molecular formula is C9H13OS+. The van der Waals surface area contributed by atoms with Gasteiger partial charge in [0.25, 0.3) is 0 Å². The van der Waals surface area contributed by atoms with Crippen LogP contribution in [0.25, 0.3) is 0 Å². The summed E-state index contributed by atoms with van der Waals surface area (Å²) in [6.07, 6.45) is 4.36. The fourth-order valence-corrected chi connectivity index (χ4v) is 2.13. The molecule has 0 aliphatic carbocycles. The van der Waals surface area contributed by atoms with Gasteiger partial charge in [0.15, 0.2) is 4.90 Å². The normalized spacial score (nSPS) is 10.5. The van der Waals surface area contributed by atoms with Crippen LogP contribution in [0.15, 0.2) is 23.1 Å². The molecule has 11 heavy (non-hydrogen) atoms. The Morgan fingerprint density at radius 2 is 1.91 bits per heavy atom. The van der Waals surface area contributed by atoms with E-state index in [2.05, 4.69) is 12.5 Å². The van der Waals surface area contributed by atoms with Crippen LogP contribution in [-0.4, -0.2) is 17.6 Å². The summed E-state index contributed by atoms with van der Waals surface area (Å²) in [7, 11) is 0.290. The SMILES string of the molecule is Cc1cc(O)ccc1[S+](C)C. The first-order valence-electron chi connectivity index (χ1n) is 3.48. The molecule has 0 radical (unpaired) electrons. The van der Waals surface area contributed by atoms with Crippen molar-refractivity contribution < 1.29 is 5.11 Å². The molecule has 0 unspecified atom stereocenters. The van der Waals surface area contributed by atoms with Gasteiger partial charge in [0.2, 0.25) is 0 Å². The fourth-order valence-electron chi connectivity index (χ4n) is 1.09. The van der Waals surface area contributed by atoms with Crippen molar-refractivity contribution in [3.05, 3.63) is 23.8 Å². The van der Waals surface area contributed by atoms with Crippen molar-refractivity contribution in [1.82, 2.24) is 0 Å². The molecule has 0 saturated carbocycles. The van der Waals surface area contributed by atoms with Crippen LogP contribution in [0.5, 0.6) is 5.75 Å². The summed E-state index contributed by atoms with van der Waals surface area (Å²) < 4.78 is 0. The molecule has 1 rings (SSSR count). The first kappa shape index (κ1) is 8.47. The van der Waals surface area contributed by atoms with E-state index in [9.17, 15) is 0 Å². The Morgan fingerprint density at radius 3 is 2.36 bits per heavy atom. The molecule has 1 N–H and O–H groups in total. The highest BCUT2D eigenvalue weighted by Crippen LogP contribution is 2.19. The summed E-state index contributed by atoms with van der Waals surface area (Å²) in [5.41, 5.74) is 1.18. The summed E-state index contributed by atoms with van der Waals surface area (Å²) in [5, 5.41) is 9.12. The Bertz CT molecular complexity index is 256. The highest BCUT2D eigenvalue weighted by Gasteiger charge is 2.11. The van der Waals surface area contributed by atoms with Gasteiger partial charge < -0.3 is 5.11 Å². The maximum Gasteiger partial charge on any atom is 0.157 e. The molecule has 0 saturated heterocycles. The van der Waals surface area contributed by atoms with Gasteiger partial charge in [0.05, 0.1) is 0 Å². The van der Waals surface area contributed by atoms with Crippen molar-refractivity contribution in [2.45, 2.75) is 11.8 Å². The molecule has 0 atom stereocenters. The van der Waals surface area contributed by atoms with Crippen LogP contribution in [0.4, 0.5) is 0 Å². The van der Waals surface area contributed by atoms with Gasteiger partial charge >= 0.3 is 0 Å². The van der Waals surface area contributed by atoms with E-state index in [1.165, 1.54) is 10.5 Å². The average molecular weight is 169 g/mol.